The van der Waals surface area contributed by atoms with E-state index in [-0.39, 0.29) is 12.6 Å². The molecule has 4 aromatic rings. The Morgan fingerprint density at radius 2 is 1.69 bits per heavy atom. The lowest BCUT2D eigenvalue weighted by Crippen LogP contribution is -2.05. The van der Waals surface area contributed by atoms with E-state index in [0.717, 1.165) is 26.9 Å². The molecule has 4 rings (SSSR count). The maximum absolute atomic E-state index is 12.6. The Morgan fingerprint density at radius 3 is 2.54 bits per heavy atom. The molecule has 0 aliphatic heterocycles. The first-order valence-corrected chi connectivity index (χ1v) is 9.20. The molecule has 3 aromatic carbocycles. The summed E-state index contributed by atoms with van der Waals surface area (Å²) in [4.78, 5) is 17.7. The largest absolute Gasteiger partial charge is 0.457 e. The summed E-state index contributed by atoms with van der Waals surface area (Å²) in [5.41, 5.74) is 2.72. The minimum atomic E-state index is -0.324. The molecule has 0 radical (unpaired) electrons. The molecule has 0 bridgehead atoms. The highest BCUT2D eigenvalue weighted by molar-refractivity contribution is 7.17. The van der Waals surface area contributed by atoms with E-state index in [4.69, 9.17) is 4.74 Å². The van der Waals surface area contributed by atoms with Crippen LogP contribution in [0.1, 0.15) is 20.9 Å². The number of benzene rings is 3. The number of nitrogens with zero attached hydrogens (tertiary/aromatic N) is 1. The lowest BCUT2D eigenvalue weighted by Gasteiger charge is -2.07. The van der Waals surface area contributed by atoms with Crippen LogP contribution >= 0.6 is 11.3 Å². The van der Waals surface area contributed by atoms with Gasteiger partial charge in [0.2, 0.25) is 0 Å². The first kappa shape index (κ1) is 16.5. The molecule has 3 nitrogen and oxygen atoms in total. The zero-order valence-electron chi connectivity index (χ0n) is 14.3. The zero-order chi connectivity index (χ0) is 17.9. The van der Waals surface area contributed by atoms with Gasteiger partial charge in [-0.3, -0.25) is 0 Å². The van der Waals surface area contributed by atoms with Crippen molar-refractivity contribution >= 4 is 28.1 Å². The van der Waals surface area contributed by atoms with Crippen LogP contribution in [0.15, 0.2) is 72.8 Å². The minimum Gasteiger partial charge on any atom is -0.457 e. The Morgan fingerprint density at radius 1 is 0.962 bits per heavy atom. The van der Waals surface area contributed by atoms with Crippen molar-refractivity contribution in [3.05, 3.63) is 88.9 Å². The number of carbonyl (C=O) groups is 1. The molecular formula is C22H17NO2S. The van der Waals surface area contributed by atoms with Gasteiger partial charge in [0.25, 0.3) is 0 Å². The van der Waals surface area contributed by atoms with Gasteiger partial charge in [0.05, 0.1) is 5.69 Å². The second kappa shape index (κ2) is 7.10. The fourth-order valence-electron chi connectivity index (χ4n) is 2.92. The summed E-state index contributed by atoms with van der Waals surface area (Å²) >= 11 is 1.37. The summed E-state index contributed by atoms with van der Waals surface area (Å²) in [5, 5.41) is 3.08. The molecule has 0 spiro atoms. The van der Waals surface area contributed by atoms with Crippen LogP contribution in [-0.2, 0) is 11.3 Å². The minimum absolute atomic E-state index is 0.248. The van der Waals surface area contributed by atoms with Crippen molar-refractivity contribution in [3.8, 4) is 10.6 Å². The average Bonchev–Trinajstić information content (AvgIpc) is 3.08. The Kier molecular flexibility index (Phi) is 4.50. The Bertz CT molecular complexity index is 1060. The van der Waals surface area contributed by atoms with Crippen molar-refractivity contribution in [1.29, 1.82) is 0 Å². The number of hydrogen-bond acceptors (Lipinski definition) is 4. The Balaban J connectivity index is 1.54. The highest BCUT2D eigenvalue weighted by Crippen LogP contribution is 2.28. The third-order valence-corrected chi connectivity index (χ3v) is 5.43. The number of thiazole rings is 1. The standard InChI is InChI=1S/C22H17NO2S/c1-15-20(26-21(23-15)17-9-3-2-4-10-17)22(24)25-14-18-12-7-11-16-8-5-6-13-19(16)18/h2-13H,14H2,1H3. The number of aromatic nitrogens is 1. The van der Waals surface area contributed by atoms with E-state index in [1.54, 1.807) is 0 Å². The summed E-state index contributed by atoms with van der Waals surface area (Å²) in [6, 6.07) is 24.0. The monoisotopic (exact) mass is 359 g/mol. The van der Waals surface area contributed by atoms with Crippen LogP contribution in [0.2, 0.25) is 0 Å². The van der Waals surface area contributed by atoms with E-state index in [9.17, 15) is 4.79 Å². The van der Waals surface area contributed by atoms with Crippen molar-refractivity contribution in [1.82, 2.24) is 4.98 Å². The van der Waals surface area contributed by atoms with Gasteiger partial charge in [-0.1, -0.05) is 72.8 Å². The number of rotatable bonds is 4. The summed E-state index contributed by atoms with van der Waals surface area (Å²) in [5.74, 6) is -0.324. The molecule has 0 atom stereocenters. The van der Waals surface area contributed by atoms with Crippen LogP contribution in [0, 0.1) is 6.92 Å². The molecule has 26 heavy (non-hydrogen) atoms. The van der Waals surface area contributed by atoms with Gasteiger partial charge in [-0.15, -0.1) is 11.3 Å². The quantitative estimate of drug-likeness (QED) is 0.443. The lowest BCUT2D eigenvalue weighted by molar-refractivity contribution is 0.0479. The number of ether oxygens (including phenoxy) is 1. The fraction of sp³-hybridized carbons (Fsp3) is 0.0909. The molecule has 128 valence electrons. The third-order valence-electron chi connectivity index (χ3n) is 4.24. The van der Waals surface area contributed by atoms with Gasteiger partial charge in [0, 0.05) is 5.56 Å². The molecule has 0 saturated carbocycles. The smallest absolute Gasteiger partial charge is 0.350 e. The van der Waals surface area contributed by atoms with Crippen LogP contribution < -0.4 is 0 Å². The first-order chi connectivity index (χ1) is 12.7. The predicted octanol–water partition coefficient (Wildman–Crippen LogP) is 5.63. The summed E-state index contributed by atoms with van der Waals surface area (Å²) in [6.07, 6.45) is 0. The van der Waals surface area contributed by atoms with E-state index in [2.05, 4.69) is 17.1 Å². The molecular weight excluding hydrogens is 342 g/mol. The second-order valence-electron chi connectivity index (χ2n) is 6.01. The molecule has 4 heteroatoms. The normalized spacial score (nSPS) is 10.8. The molecule has 1 aromatic heterocycles. The number of esters is 1. The lowest BCUT2D eigenvalue weighted by atomic mass is 10.1. The van der Waals surface area contributed by atoms with Crippen LogP contribution in [0.4, 0.5) is 0 Å². The van der Waals surface area contributed by atoms with Crippen LogP contribution in [0.5, 0.6) is 0 Å². The van der Waals surface area contributed by atoms with Gasteiger partial charge in [0.1, 0.15) is 16.5 Å². The molecule has 0 saturated heterocycles. The second-order valence-corrected chi connectivity index (χ2v) is 7.01. The topological polar surface area (TPSA) is 39.2 Å². The van der Waals surface area contributed by atoms with Crippen molar-refractivity contribution < 1.29 is 9.53 Å². The SMILES string of the molecule is Cc1nc(-c2ccccc2)sc1C(=O)OCc1cccc2ccccc12. The van der Waals surface area contributed by atoms with E-state index >= 15 is 0 Å². The average molecular weight is 359 g/mol. The molecule has 0 N–H and O–H groups in total. The highest BCUT2D eigenvalue weighted by Gasteiger charge is 2.18. The molecule has 1 heterocycles. The van der Waals surface area contributed by atoms with Gasteiger partial charge in [0.15, 0.2) is 0 Å². The number of aryl methyl sites for hydroxylation is 1. The van der Waals surface area contributed by atoms with E-state index in [1.807, 2.05) is 67.6 Å². The number of fused-ring (bicyclic) bond motifs is 1. The van der Waals surface area contributed by atoms with Crippen LogP contribution in [-0.4, -0.2) is 11.0 Å². The summed E-state index contributed by atoms with van der Waals surface area (Å²) in [7, 11) is 0. The summed E-state index contributed by atoms with van der Waals surface area (Å²) < 4.78 is 5.58. The van der Waals surface area contributed by atoms with Crippen LogP contribution in [0.3, 0.4) is 0 Å². The van der Waals surface area contributed by atoms with E-state index in [1.165, 1.54) is 11.3 Å². The molecule has 0 amide bonds. The fourth-order valence-corrected chi connectivity index (χ4v) is 3.88. The molecule has 0 fully saturated rings. The Labute approximate surface area is 155 Å². The summed E-state index contributed by atoms with van der Waals surface area (Å²) in [6.45, 7) is 2.09. The predicted molar refractivity (Wildman–Crippen MR) is 105 cm³/mol. The highest BCUT2D eigenvalue weighted by atomic mass is 32.1. The van der Waals surface area contributed by atoms with E-state index in [0.29, 0.717) is 10.6 Å². The molecule has 0 aliphatic rings. The first-order valence-electron chi connectivity index (χ1n) is 8.39. The molecule has 0 aliphatic carbocycles. The Hall–Kier alpha value is -2.98. The number of carbonyl (C=O) groups excluding carboxylic acids is 1. The number of hydrogen-bond donors (Lipinski definition) is 0. The van der Waals surface area contributed by atoms with Gasteiger partial charge < -0.3 is 4.74 Å². The zero-order valence-corrected chi connectivity index (χ0v) is 15.1. The van der Waals surface area contributed by atoms with Gasteiger partial charge >= 0.3 is 5.97 Å². The van der Waals surface area contributed by atoms with Gasteiger partial charge in [-0.05, 0) is 23.3 Å². The van der Waals surface area contributed by atoms with Gasteiger partial charge in [-0.2, -0.15) is 0 Å². The van der Waals surface area contributed by atoms with E-state index < -0.39 is 0 Å². The maximum atomic E-state index is 12.6. The van der Waals surface area contributed by atoms with Crippen molar-refractivity contribution in [2.45, 2.75) is 13.5 Å². The van der Waals surface area contributed by atoms with Crippen molar-refractivity contribution in [2.75, 3.05) is 0 Å². The van der Waals surface area contributed by atoms with Crippen molar-refractivity contribution in [2.24, 2.45) is 0 Å². The third kappa shape index (κ3) is 3.24. The maximum Gasteiger partial charge on any atom is 0.350 e. The molecule has 0 unspecified atom stereocenters. The van der Waals surface area contributed by atoms with Crippen molar-refractivity contribution in [3.63, 3.8) is 0 Å². The van der Waals surface area contributed by atoms with Gasteiger partial charge in [-0.25, -0.2) is 9.78 Å². The van der Waals surface area contributed by atoms with Crippen LogP contribution in [0.25, 0.3) is 21.3 Å².